The van der Waals surface area contributed by atoms with Crippen LogP contribution in [-0.2, 0) is 11.3 Å². The Morgan fingerprint density at radius 2 is 1.96 bits per heavy atom. The molecule has 3 aromatic rings. The Hall–Kier alpha value is -2.02. The maximum atomic E-state index is 5.24. The van der Waals surface area contributed by atoms with Gasteiger partial charge in [0.1, 0.15) is 17.3 Å². The molecule has 0 fully saturated rings. The number of anilines is 1. The van der Waals surface area contributed by atoms with Gasteiger partial charge in [-0.25, -0.2) is 9.97 Å². The Labute approximate surface area is 152 Å². The molecule has 0 aliphatic heterocycles. The van der Waals surface area contributed by atoms with Gasteiger partial charge in [-0.05, 0) is 26.6 Å². The third-order valence-corrected chi connectivity index (χ3v) is 4.73. The predicted octanol–water partition coefficient (Wildman–Crippen LogP) is 3.87. The van der Waals surface area contributed by atoms with Gasteiger partial charge in [0.15, 0.2) is 5.82 Å². The van der Waals surface area contributed by atoms with Gasteiger partial charge >= 0.3 is 0 Å². The average molecular weight is 356 g/mol. The molecule has 5 nitrogen and oxygen atoms in total. The van der Waals surface area contributed by atoms with Crippen LogP contribution < -0.4 is 5.32 Å². The average Bonchev–Trinajstić information content (AvgIpc) is 2.99. The van der Waals surface area contributed by atoms with Crippen molar-refractivity contribution in [3.05, 3.63) is 41.5 Å². The summed E-state index contributed by atoms with van der Waals surface area (Å²) >= 11 is 1.65. The summed E-state index contributed by atoms with van der Waals surface area (Å²) in [6.45, 7) is 3.50. The molecule has 2 heterocycles. The van der Waals surface area contributed by atoms with Gasteiger partial charge in [0.2, 0.25) is 0 Å². The molecular weight excluding hydrogens is 332 g/mol. The number of likely N-dealkylation sites (N-methyl/N-ethyl adjacent to an activating group) is 1. The highest BCUT2D eigenvalue weighted by Gasteiger charge is 2.17. The second kappa shape index (κ2) is 7.91. The maximum Gasteiger partial charge on any atom is 0.158 e. The minimum absolute atomic E-state index is 0.270. The molecule has 25 heavy (non-hydrogen) atoms. The van der Waals surface area contributed by atoms with E-state index in [9.17, 15) is 0 Å². The van der Waals surface area contributed by atoms with Crippen molar-refractivity contribution in [2.45, 2.75) is 19.6 Å². The molecular formula is C19H24N4OS. The van der Waals surface area contributed by atoms with Crippen molar-refractivity contribution in [3.8, 4) is 11.1 Å². The number of methoxy groups -OCH3 is 1. The molecule has 0 amide bonds. The Bertz CT molecular complexity index is 832. The summed E-state index contributed by atoms with van der Waals surface area (Å²) in [5, 5.41) is 6.81. The van der Waals surface area contributed by atoms with E-state index in [1.807, 2.05) is 6.07 Å². The van der Waals surface area contributed by atoms with Crippen LogP contribution in [0.1, 0.15) is 12.7 Å². The molecule has 1 aromatic carbocycles. The van der Waals surface area contributed by atoms with Gasteiger partial charge < -0.3 is 15.0 Å². The minimum Gasteiger partial charge on any atom is -0.377 e. The zero-order valence-electron chi connectivity index (χ0n) is 15.1. The third kappa shape index (κ3) is 4.15. The molecule has 0 spiro atoms. The molecule has 1 N–H and O–H groups in total. The van der Waals surface area contributed by atoms with E-state index in [4.69, 9.17) is 9.72 Å². The van der Waals surface area contributed by atoms with Crippen LogP contribution in [0.4, 0.5) is 5.82 Å². The number of hydrogen-bond acceptors (Lipinski definition) is 6. The van der Waals surface area contributed by atoms with Crippen molar-refractivity contribution in [1.29, 1.82) is 0 Å². The van der Waals surface area contributed by atoms with Crippen molar-refractivity contribution in [3.63, 3.8) is 0 Å². The Kier molecular flexibility index (Phi) is 5.63. The van der Waals surface area contributed by atoms with Gasteiger partial charge in [0.25, 0.3) is 0 Å². The molecule has 3 rings (SSSR count). The van der Waals surface area contributed by atoms with E-state index >= 15 is 0 Å². The summed E-state index contributed by atoms with van der Waals surface area (Å²) in [6.07, 6.45) is 0. The van der Waals surface area contributed by atoms with Crippen LogP contribution in [0.2, 0.25) is 0 Å². The number of hydrogen-bond donors (Lipinski definition) is 1. The van der Waals surface area contributed by atoms with Crippen LogP contribution in [0.3, 0.4) is 0 Å². The number of nitrogens with zero attached hydrogens (tertiary/aromatic N) is 3. The van der Waals surface area contributed by atoms with Gasteiger partial charge in [-0.15, -0.1) is 11.3 Å². The molecule has 0 unspecified atom stereocenters. The highest BCUT2D eigenvalue weighted by atomic mass is 32.1. The summed E-state index contributed by atoms with van der Waals surface area (Å²) in [7, 11) is 5.81. The molecule has 2 aromatic heterocycles. The molecule has 0 aliphatic carbocycles. The minimum atomic E-state index is 0.270. The number of rotatable bonds is 7. The lowest BCUT2D eigenvalue weighted by Crippen LogP contribution is -2.30. The standard InChI is InChI=1S/C19H24N4OS/c1-13(10-23(2)3)20-18-17-15(14-8-6-5-7-9-14)12-25-19(17)22-16(21-18)11-24-4/h5-9,12-13H,10-11H2,1-4H3,(H,20,21,22)/t13-/m0/s1. The summed E-state index contributed by atoms with van der Waals surface area (Å²) in [5.74, 6) is 1.59. The highest BCUT2D eigenvalue weighted by molar-refractivity contribution is 7.17. The van der Waals surface area contributed by atoms with E-state index in [0.29, 0.717) is 12.4 Å². The van der Waals surface area contributed by atoms with Crippen LogP contribution in [0, 0.1) is 0 Å². The number of ether oxygens (including phenoxy) is 1. The summed E-state index contributed by atoms with van der Waals surface area (Å²) in [5.41, 5.74) is 2.35. The fraction of sp³-hybridized carbons (Fsp3) is 0.368. The van der Waals surface area contributed by atoms with Crippen LogP contribution in [-0.4, -0.2) is 48.7 Å². The van der Waals surface area contributed by atoms with E-state index in [1.54, 1.807) is 18.4 Å². The van der Waals surface area contributed by atoms with Crippen LogP contribution >= 0.6 is 11.3 Å². The normalized spacial score (nSPS) is 12.7. The summed E-state index contributed by atoms with van der Waals surface area (Å²) < 4.78 is 5.24. The highest BCUT2D eigenvalue weighted by Crippen LogP contribution is 2.37. The first kappa shape index (κ1) is 17.8. The van der Waals surface area contributed by atoms with Crippen LogP contribution in [0.25, 0.3) is 21.3 Å². The van der Waals surface area contributed by atoms with Crippen LogP contribution in [0.15, 0.2) is 35.7 Å². The van der Waals surface area contributed by atoms with Crippen molar-refractivity contribution < 1.29 is 4.74 Å². The number of aromatic nitrogens is 2. The molecule has 0 radical (unpaired) electrons. The van der Waals surface area contributed by atoms with Gasteiger partial charge in [-0.1, -0.05) is 30.3 Å². The largest absolute Gasteiger partial charge is 0.377 e. The molecule has 0 bridgehead atoms. The number of benzene rings is 1. The van der Waals surface area contributed by atoms with Crippen molar-refractivity contribution in [2.75, 3.05) is 33.1 Å². The molecule has 0 saturated carbocycles. The van der Waals surface area contributed by atoms with Crippen molar-refractivity contribution in [1.82, 2.24) is 14.9 Å². The lowest BCUT2D eigenvalue weighted by Gasteiger charge is -2.20. The first-order chi connectivity index (χ1) is 12.1. The summed E-state index contributed by atoms with van der Waals surface area (Å²) in [6, 6.07) is 10.7. The summed E-state index contributed by atoms with van der Waals surface area (Å²) in [4.78, 5) is 12.6. The quantitative estimate of drug-likeness (QED) is 0.696. The molecule has 0 aliphatic rings. The Morgan fingerprint density at radius 1 is 1.20 bits per heavy atom. The fourth-order valence-corrected chi connectivity index (χ4v) is 3.91. The Balaban J connectivity index is 2.08. The third-order valence-electron chi connectivity index (χ3n) is 3.86. The van der Waals surface area contributed by atoms with Crippen LogP contribution in [0.5, 0.6) is 0 Å². The van der Waals surface area contributed by atoms with Gasteiger partial charge in [0.05, 0.1) is 5.39 Å². The van der Waals surface area contributed by atoms with E-state index in [-0.39, 0.29) is 6.04 Å². The van der Waals surface area contributed by atoms with Gasteiger partial charge in [-0.3, -0.25) is 0 Å². The van der Waals surface area contributed by atoms with Gasteiger partial charge in [-0.2, -0.15) is 0 Å². The number of fused-ring (bicyclic) bond motifs is 1. The zero-order chi connectivity index (χ0) is 17.8. The zero-order valence-corrected chi connectivity index (χ0v) is 15.9. The maximum absolute atomic E-state index is 5.24. The fourth-order valence-electron chi connectivity index (χ4n) is 2.94. The lowest BCUT2D eigenvalue weighted by atomic mass is 10.1. The second-order valence-electron chi connectivity index (χ2n) is 6.42. The predicted molar refractivity (Wildman–Crippen MR) is 105 cm³/mol. The molecule has 132 valence electrons. The SMILES string of the molecule is COCc1nc(N[C@@H](C)CN(C)C)c2c(-c3ccccc3)csc2n1. The van der Waals surface area contributed by atoms with Gasteiger partial charge in [0, 0.05) is 30.6 Å². The van der Waals surface area contributed by atoms with Crippen molar-refractivity contribution >= 4 is 27.4 Å². The number of thiophene rings is 1. The molecule has 6 heteroatoms. The first-order valence-electron chi connectivity index (χ1n) is 8.32. The molecule has 0 saturated heterocycles. The smallest absolute Gasteiger partial charge is 0.158 e. The van der Waals surface area contributed by atoms with E-state index < -0.39 is 0 Å². The molecule has 1 atom stereocenters. The lowest BCUT2D eigenvalue weighted by molar-refractivity contribution is 0.178. The van der Waals surface area contributed by atoms with Crippen molar-refractivity contribution in [2.24, 2.45) is 0 Å². The number of nitrogens with one attached hydrogen (secondary N) is 1. The monoisotopic (exact) mass is 356 g/mol. The van der Waals surface area contributed by atoms with E-state index in [2.05, 4.69) is 65.9 Å². The Morgan fingerprint density at radius 3 is 2.64 bits per heavy atom. The first-order valence-corrected chi connectivity index (χ1v) is 9.20. The second-order valence-corrected chi connectivity index (χ2v) is 7.28. The van der Waals surface area contributed by atoms with E-state index in [1.165, 1.54) is 11.1 Å². The van der Waals surface area contributed by atoms with E-state index in [0.717, 1.165) is 22.6 Å². The topological polar surface area (TPSA) is 50.3 Å².